The van der Waals surface area contributed by atoms with Crippen LogP contribution in [0.4, 0.5) is 4.79 Å². The highest BCUT2D eigenvalue weighted by Gasteiger charge is 2.22. The van der Waals surface area contributed by atoms with Crippen LogP contribution in [0.5, 0.6) is 0 Å². The maximum Gasteiger partial charge on any atom is 0.328 e. The summed E-state index contributed by atoms with van der Waals surface area (Å²) < 4.78 is 0. The molecule has 0 unspecified atom stereocenters. The lowest BCUT2D eigenvalue weighted by molar-refractivity contribution is -0.141. The summed E-state index contributed by atoms with van der Waals surface area (Å²) in [6, 6.07) is -3.30. The number of hydrogen-bond acceptors (Lipinski definition) is 6. The van der Waals surface area contributed by atoms with Gasteiger partial charge < -0.3 is 31.5 Å². The number of urea groups is 1. The SMILES string of the molecule is CC(=O)N[C@@H](CNC(=O)N[C@@H](CS)C(=O)NCC(=O)O)C(=O)O. The molecule has 0 rings (SSSR count). The molecular weight excluding hydrogens is 332 g/mol. The van der Waals surface area contributed by atoms with Gasteiger partial charge in [-0.3, -0.25) is 14.4 Å². The molecule has 0 radical (unpaired) electrons. The molecular formula is C11H18N4O7S. The number of nitrogens with one attached hydrogen (secondary N) is 4. The molecule has 0 aliphatic rings. The minimum absolute atomic E-state index is 0.104. The summed E-state index contributed by atoms with van der Waals surface area (Å²) in [7, 11) is 0. The fraction of sp³-hybridized carbons (Fsp3) is 0.545. The van der Waals surface area contributed by atoms with Crippen LogP contribution in [0.25, 0.3) is 0 Å². The van der Waals surface area contributed by atoms with Crippen LogP contribution in [0, 0.1) is 0 Å². The standard InChI is InChI=1S/C11H18N4O7S/c1-5(16)14-6(10(20)21)2-13-11(22)15-7(4-23)9(19)12-3-8(17)18/h6-7,23H,2-4H2,1H3,(H,12,19)(H,14,16)(H,17,18)(H,20,21)(H2,13,15,22)/t6-,7-/m0/s1. The van der Waals surface area contributed by atoms with E-state index < -0.39 is 55.0 Å². The number of carboxylic acid groups (broad SMARTS) is 2. The smallest absolute Gasteiger partial charge is 0.328 e. The number of carbonyl (C=O) groups excluding carboxylic acids is 3. The molecule has 23 heavy (non-hydrogen) atoms. The van der Waals surface area contributed by atoms with Crippen LogP contribution in [0.1, 0.15) is 6.92 Å². The van der Waals surface area contributed by atoms with Crippen molar-refractivity contribution in [3.8, 4) is 0 Å². The summed E-state index contributed by atoms with van der Waals surface area (Å²) in [6.45, 7) is 0.104. The first-order valence-electron chi connectivity index (χ1n) is 6.32. The Bertz CT molecular complexity index is 485. The number of carbonyl (C=O) groups is 5. The predicted molar refractivity (Wildman–Crippen MR) is 80.1 cm³/mol. The Labute approximate surface area is 136 Å². The fourth-order valence-corrected chi connectivity index (χ4v) is 1.59. The average Bonchev–Trinajstić information content (AvgIpc) is 2.45. The van der Waals surface area contributed by atoms with Crippen molar-refractivity contribution in [1.29, 1.82) is 0 Å². The first-order valence-corrected chi connectivity index (χ1v) is 6.95. The third kappa shape index (κ3) is 9.18. The maximum atomic E-state index is 11.6. The van der Waals surface area contributed by atoms with E-state index in [0.717, 1.165) is 6.92 Å². The molecule has 130 valence electrons. The third-order valence-electron chi connectivity index (χ3n) is 2.36. The van der Waals surface area contributed by atoms with E-state index in [1.807, 2.05) is 0 Å². The van der Waals surface area contributed by atoms with Crippen molar-refractivity contribution in [3.05, 3.63) is 0 Å². The summed E-state index contributed by atoms with van der Waals surface area (Å²) in [5.41, 5.74) is 0. The number of hydrogen-bond donors (Lipinski definition) is 7. The lowest BCUT2D eigenvalue weighted by Crippen LogP contribution is -2.54. The monoisotopic (exact) mass is 350 g/mol. The van der Waals surface area contributed by atoms with Gasteiger partial charge in [0.2, 0.25) is 11.8 Å². The van der Waals surface area contributed by atoms with Crippen molar-refractivity contribution in [2.45, 2.75) is 19.0 Å². The quantitative estimate of drug-likeness (QED) is 0.223. The first kappa shape index (κ1) is 20.5. The van der Waals surface area contributed by atoms with Gasteiger partial charge in [-0.25, -0.2) is 9.59 Å². The number of carboxylic acids is 2. The van der Waals surface area contributed by atoms with Gasteiger partial charge in [0, 0.05) is 12.7 Å². The number of amides is 4. The summed E-state index contributed by atoms with van der Waals surface area (Å²) in [5.74, 6) is -4.03. The molecule has 0 fully saturated rings. The highest BCUT2D eigenvalue weighted by atomic mass is 32.1. The highest BCUT2D eigenvalue weighted by Crippen LogP contribution is 1.90. The van der Waals surface area contributed by atoms with E-state index >= 15 is 0 Å². The lowest BCUT2D eigenvalue weighted by atomic mass is 10.3. The van der Waals surface area contributed by atoms with Crippen molar-refractivity contribution < 1.29 is 34.2 Å². The largest absolute Gasteiger partial charge is 0.480 e. The Kier molecular flexibility index (Phi) is 9.15. The van der Waals surface area contributed by atoms with Crippen LogP contribution in [-0.2, 0) is 19.2 Å². The third-order valence-corrected chi connectivity index (χ3v) is 2.73. The molecule has 0 aromatic rings. The van der Waals surface area contributed by atoms with Crippen LogP contribution in [0.15, 0.2) is 0 Å². The second-order valence-corrected chi connectivity index (χ2v) is 4.66. The Morgan fingerprint density at radius 3 is 2.04 bits per heavy atom. The zero-order chi connectivity index (χ0) is 18.0. The molecule has 0 spiro atoms. The van der Waals surface area contributed by atoms with E-state index in [1.165, 1.54) is 0 Å². The number of rotatable bonds is 9. The molecule has 0 aliphatic heterocycles. The van der Waals surface area contributed by atoms with E-state index in [2.05, 4.69) is 33.9 Å². The average molecular weight is 350 g/mol. The second-order valence-electron chi connectivity index (χ2n) is 4.29. The molecule has 6 N–H and O–H groups in total. The minimum atomic E-state index is -1.34. The number of aliphatic carboxylic acids is 2. The Morgan fingerprint density at radius 2 is 1.61 bits per heavy atom. The zero-order valence-electron chi connectivity index (χ0n) is 12.2. The van der Waals surface area contributed by atoms with Gasteiger partial charge in [-0.1, -0.05) is 0 Å². The van der Waals surface area contributed by atoms with Crippen LogP contribution < -0.4 is 21.3 Å². The van der Waals surface area contributed by atoms with Gasteiger partial charge in [0.25, 0.3) is 0 Å². The summed E-state index contributed by atoms with van der Waals surface area (Å²) >= 11 is 3.86. The normalized spacial score (nSPS) is 12.4. The predicted octanol–water partition coefficient (Wildman–Crippen LogP) is -2.63. The van der Waals surface area contributed by atoms with Crippen molar-refractivity contribution in [2.75, 3.05) is 18.8 Å². The molecule has 0 heterocycles. The summed E-state index contributed by atoms with van der Waals surface area (Å²) in [4.78, 5) is 55.2. The van der Waals surface area contributed by atoms with Gasteiger partial charge >= 0.3 is 18.0 Å². The molecule has 0 saturated carbocycles. The van der Waals surface area contributed by atoms with Gasteiger partial charge in [-0.05, 0) is 0 Å². The van der Waals surface area contributed by atoms with Crippen LogP contribution in [0.2, 0.25) is 0 Å². The first-order chi connectivity index (χ1) is 10.7. The lowest BCUT2D eigenvalue weighted by Gasteiger charge is -2.18. The molecule has 0 aromatic heterocycles. The molecule has 0 aliphatic carbocycles. The van der Waals surface area contributed by atoms with E-state index in [9.17, 15) is 24.0 Å². The van der Waals surface area contributed by atoms with Gasteiger partial charge in [0.05, 0.1) is 6.54 Å². The molecule has 2 atom stereocenters. The second kappa shape index (κ2) is 10.3. The summed E-state index contributed by atoms with van der Waals surface area (Å²) in [5, 5.41) is 25.9. The van der Waals surface area contributed by atoms with Gasteiger partial charge in [0.15, 0.2) is 0 Å². The van der Waals surface area contributed by atoms with Crippen LogP contribution in [0.3, 0.4) is 0 Å². The van der Waals surface area contributed by atoms with Crippen LogP contribution in [-0.4, -0.2) is 70.9 Å². The topological polar surface area (TPSA) is 174 Å². The molecule has 12 heteroatoms. The Hall–Kier alpha value is -2.50. The van der Waals surface area contributed by atoms with E-state index in [-0.39, 0.29) is 5.75 Å². The molecule has 0 bridgehead atoms. The van der Waals surface area contributed by atoms with Crippen molar-refractivity contribution in [2.24, 2.45) is 0 Å². The maximum absolute atomic E-state index is 11.6. The van der Waals surface area contributed by atoms with Gasteiger partial charge in [-0.2, -0.15) is 12.6 Å². The Balaban J connectivity index is 4.43. The molecule has 4 amide bonds. The van der Waals surface area contributed by atoms with Gasteiger partial charge in [-0.15, -0.1) is 0 Å². The van der Waals surface area contributed by atoms with Crippen LogP contribution >= 0.6 is 12.6 Å². The van der Waals surface area contributed by atoms with Crippen molar-refractivity contribution in [3.63, 3.8) is 0 Å². The van der Waals surface area contributed by atoms with E-state index in [1.54, 1.807) is 0 Å². The van der Waals surface area contributed by atoms with E-state index in [4.69, 9.17) is 10.2 Å². The van der Waals surface area contributed by atoms with Crippen molar-refractivity contribution in [1.82, 2.24) is 21.3 Å². The van der Waals surface area contributed by atoms with E-state index in [0.29, 0.717) is 0 Å². The fourth-order valence-electron chi connectivity index (χ4n) is 1.33. The molecule has 11 nitrogen and oxygen atoms in total. The summed E-state index contributed by atoms with van der Waals surface area (Å²) in [6.07, 6.45) is 0. The Morgan fingerprint density at radius 1 is 1.00 bits per heavy atom. The van der Waals surface area contributed by atoms with Gasteiger partial charge in [0.1, 0.15) is 18.6 Å². The highest BCUT2D eigenvalue weighted by molar-refractivity contribution is 7.80. The molecule has 0 saturated heterocycles. The van der Waals surface area contributed by atoms with Crippen molar-refractivity contribution >= 4 is 42.4 Å². The minimum Gasteiger partial charge on any atom is -0.480 e. The number of thiol groups is 1. The zero-order valence-corrected chi connectivity index (χ0v) is 13.1. The molecule has 0 aromatic carbocycles.